The number of aromatic hydroxyl groups is 1. The lowest BCUT2D eigenvalue weighted by Crippen LogP contribution is -2.04. The van der Waals surface area contributed by atoms with Crippen LogP contribution in [0.2, 0.25) is 0 Å². The van der Waals surface area contributed by atoms with Gasteiger partial charge in [-0.25, -0.2) is 0 Å². The highest BCUT2D eigenvalue weighted by Gasteiger charge is 2.31. The van der Waals surface area contributed by atoms with Crippen LogP contribution in [0.4, 0.5) is 18.9 Å². The molecule has 3 aromatic carbocycles. The van der Waals surface area contributed by atoms with Crippen molar-refractivity contribution in [1.82, 2.24) is 4.98 Å². The summed E-state index contributed by atoms with van der Waals surface area (Å²) in [4.78, 5) is 8.47. The maximum atomic E-state index is 13.3. The summed E-state index contributed by atoms with van der Waals surface area (Å²) < 4.78 is 46.4. The Morgan fingerprint density at radius 2 is 1.77 bits per heavy atom. The fraction of sp³-hybridized carbons (Fsp3) is 0.0435. The van der Waals surface area contributed by atoms with Crippen LogP contribution in [-0.4, -0.2) is 16.3 Å². The molecule has 0 aliphatic rings. The molecule has 156 valence electrons. The number of para-hydroxylation sites is 1. The first-order valence-electron chi connectivity index (χ1n) is 9.07. The lowest BCUT2D eigenvalue weighted by molar-refractivity contribution is -0.137. The molecule has 1 aromatic heterocycles. The lowest BCUT2D eigenvalue weighted by Gasteiger charge is -2.13. The van der Waals surface area contributed by atoms with Gasteiger partial charge in [-0.15, -0.1) is 0 Å². The second kappa shape index (κ2) is 8.39. The summed E-state index contributed by atoms with van der Waals surface area (Å²) in [5, 5.41) is 10.8. The third kappa shape index (κ3) is 4.69. The van der Waals surface area contributed by atoms with Crippen LogP contribution in [0, 0.1) is 0 Å². The topological polar surface area (TPSA) is 54.7 Å². The van der Waals surface area contributed by atoms with Crippen LogP contribution >= 0.6 is 15.9 Å². The van der Waals surface area contributed by atoms with Crippen molar-refractivity contribution in [3.05, 3.63) is 88.5 Å². The highest BCUT2D eigenvalue weighted by molar-refractivity contribution is 9.10. The Hall–Kier alpha value is -3.39. The largest absolute Gasteiger partial charge is 0.507 e. The zero-order valence-electron chi connectivity index (χ0n) is 15.8. The SMILES string of the molecule is Oc1ccc(Br)cc1C=Nc1cc(C(F)(F)F)ccc1Oc1cccc2cccnc12. The molecule has 8 heteroatoms. The number of phenols is 1. The minimum atomic E-state index is -4.54. The van der Waals surface area contributed by atoms with E-state index in [-0.39, 0.29) is 17.2 Å². The molecule has 0 amide bonds. The summed E-state index contributed by atoms with van der Waals surface area (Å²) in [5.74, 6) is 0.455. The van der Waals surface area contributed by atoms with Gasteiger partial charge in [0.15, 0.2) is 11.5 Å². The van der Waals surface area contributed by atoms with Crippen LogP contribution in [0.3, 0.4) is 0 Å². The number of aliphatic imine (C=N–C) groups is 1. The summed E-state index contributed by atoms with van der Waals surface area (Å²) in [5.41, 5.74) is 0.0117. The van der Waals surface area contributed by atoms with E-state index in [2.05, 4.69) is 25.9 Å². The summed E-state index contributed by atoms with van der Waals surface area (Å²) in [7, 11) is 0. The average Bonchev–Trinajstić information content (AvgIpc) is 2.74. The van der Waals surface area contributed by atoms with Gasteiger partial charge in [-0.3, -0.25) is 9.98 Å². The number of hydrogen-bond acceptors (Lipinski definition) is 4. The van der Waals surface area contributed by atoms with E-state index in [1.807, 2.05) is 12.1 Å². The molecule has 0 aliphatic carbocycles. The normalized spacial score (nSPS) is 11.9. The first kappa shape index (κ1) is 20.9. The summed E-state index contributed by atoms with van der Waals surface area (Å²) >= 11 is 3.29. The van der Waals surface area contributed by atoms with Gasteiger partial charge in [-0.1, -0.05) is 34.1 Å². The van der Waals surface area contributed by atoms with E-state index < -0.39 is 11.7 Å². The van der Waals surface area contributed by atoms with Crippen molar-refractivity contribution < 1.29 is 23.0 Å². The second-order valence-corrected chi connectivity index (χ2v) is 7.49. The number of pyridine rings is 1. The van der Waals surface area contributed by atoms with E-state index in [1.54, 1.807) is 36.5 Å². The minimum Gasteiger partial charge on any atom is -0.507 e. The number of alkyl halides is 3. The van der Waals surface area contributed by atoms with Gasteiger partial charge in [0.25, 0.3) is 0 Å². The van der Waals surface area contributed by atoms with Gasteiger partial charge in [0, 0.05) is 27.8 Å². The Morgan fingerprint density at radius 1 is 0.968 bits per heavy atom. The third-order valence-corrected chi connectivity index (χ3v) is 4.93. The number of halogens is 4. The third-order valence-electron chi connectivity index (χ3n) is 4.43. The van der Waals surface area contributed by atoms with Crippen molar-refractivity contribution in [3.63, 3.8) is 0 Å². The smallest absolute Gasteiger partial charge is 0.416 e. The highest BCUT2D eigenvalue weighted by atomic mass is 79.9. The molecule has 0 spiro atoms. The van der Waals surface area contributed by atoms with E-state index in [4.69, 9.17) is 4.74 Å². The van der Waals surface area contributed by atoms with E-state index in [1.165, 1.54) is 18.3 Å². The van der Waals surface area contributed by atoms with Crippen LogP contribution in [0.25, 0.3) is 10.9 Å². The summed E-state index contributed by atoms with van der Waals surface area (Å²) in [6.07, 6.45) is -1.65. The molecule has 0 fully saturated rings. The minimum absolute atomic E-state index is 0.0397. The van der Waals surface area contributed by atoms with E-state index in [0.29, 0.717) is 21.3 Å². The highest BCUT2D eigenvalue weighted by Crippen LogP contribution is 2.39. The van der Waals surface area contributed by atoms with Gasteiger partial charge in [-0.2, -0.15) is 13.2 Å². The van der Waals surface area contributed by atoms with Crippen LogP contribution in [-0.2, 0) is 6.18 Å². The molecule has 4 nitrogen and oxygen atoms in total. The van der Waals surface area contributed by atoms with Crippen LogP contribution in [0.15, 0.2) is 82.4 Å². The maximum absolute atomic E-state index is 13.3. The molecule has 0 aliphatic heterocycles. The number of rotatable bonds is 4. The fourth-order valence-electron chi connectivity index (χ4n) is 2.93. The molecule has 0 bridgehead atoms. The van der Waals surface area contributed by atoms with Crippen LogP contribution < -0.4 is 4.74 Å². The molecule has 1 N–H and O–H groups in total. The number of benzene rings is 3. The van der Waals surface area contributed by atoms with Crippen molar-refractivity contribution in [3.8, 4) is 17.2 Å². The zero-order chi connectivity index (χ0) is 22.0. The number of hydrogen-bond donors (Lipinski definition) is 1. The standard InChI is InChI=1S/C23H14BrF3N2O2/c24-17-7-8-19(30)15(11-17)13-29-18-12-16(23(25,26)27)6-9-20(18)31-21-5-1-3-14-4-2-10-28-22(14)21/h1-13,30H. The van der Waals surface area contributed by atoms with Gasteiger partial charge >= 0.3 is 6.18 Å². The Morgan fingerprint density at radius 3 is 2.58 bits per heavy atom. The first-order chi connectivity index (χ1) is 14.8. The van der Waals surface area contributed by atoms with Crippen LogP contribution in [0.5, 0.6) is 17.2 Å². The van der Waals surface area contributed by atoms with E-state index in [0.717, 1.165) is 17.5 Å². The fourth-order valence-corrected chi connectivity index (χ4v) is 3.30. The van der Waals surface area contributed by atoms with Gasteiger partial charge in [0.2, 0.25) is 0 Å². The number of nitrogens with zero attached hydrogens (tertiary/aromatic N) is 2. The van der Waals surface area contributed by atoms with Crippen molar-refractivity contribution in [2.24, 2.45) is 4.99 Å². The number of ether oxygens (including phenoxy) is 1. The number of fused-ring (bicyclic) bond motifs is 1. The van der Waals surface area contributed by atoms with Gasteiger partial charge in [0.05, 0.1) is 5.56 Å². The number of phenolic OH excluding ortho intramolecular Hbond substituents is 1. The number of aromatic nitrogens is 1. The van der Waals surface area contributed by atoms with E-state index >= 15 is 0 Å². The Bertz CT molecular complexity index is 1280. The molecule has 4 rings (SSSR count). The molecule has 1 heterocycles. The predicted molar refractivity (Wildman–Crippen MR) is 116 cm³/mol. The van der Waals surface area contributed by atoms with Crippen molar-refractivity contribution in [2.75, 3.05) is 0 Å². The summed E-state index contributed by atoms with van der Waals surface area (Å²) in [6, 6.07) is 16.7. The molecule has 4 aromatic rings. The molecule has 0 unspecified atom stereocenters. The Labute approximate surface area is 183 Å². The molecule has 0 radical (unpaired) electrons. The summed E-state index contributed by atoms with van der Waals surface area (Å²) in [6.45, 7) is 0. The van der Waals surface area contributed by atoms with Gasteiger partial charge in [-0.05, 0) is 48.5 Å². The molecule has 31 heavy (non-hydrogen) atoms. The zero-order valence-corrected chi connectivity index (χ0v) is 17.4. The maximum Gasteiger partial charge on any atom is 0.416 e. The van der Waals surface area contributed by atoms with Gasteiger partial charge < -0.3 is 9.84 Å². The second-order valence-electron chi connectivity index (χ2n) is 6.57. The predicted octanol–water partition coefficient (Wildman–Crippen LogP) is 7.26. The molecule has 0 saturated carbocycles. The van der Waals surface area contributed by atoms with Crippen molar-refractivity contribution in [1.29, 1.82) is 0 Å². The Balaban J connectivity index is 1.78. The first-order valence-corrected chi connectivity index (χ1v) is 9.86. The van der Waals surface area contributed by atoms with E-state index in [9.17, 15) is 18.3 Å². The monoisotopic (exact) mass is 486 g/mol. The Kier molecular flexibility index (Phi) is 5.65. The van der Waals surface area contributed by atoms with Gasteiger partial charge in [0.1, 0.15) is 17.0 Å². The molecule has 0 atom stereocenters. The lowest BCUT2D eigenvalue weighted by atomic mass is 10.1. The molecule has 0 saturated heterocycles. The average molecular weight is 487 g/mol. The molecular formula is C23H14BrF3N2O2. The molecular weight excluding hydrogens is 473 g/mol. The van der Waals surface area contributed by atoms with Crippen molar-refractivity contribution in [2.45, 2.75) is 6.18 Å². The van der Waals surface area contributed by atoms with Crippen LogP contribution in [0.1, 0.15) is 11.1 Å². The quantitative estimate of drug-likeness (QED) is 0.308. The van der Waals surface area contributed by atoms with Crippen molar-refractivity contribution >= 4 is 38.7 Å².